The number of rotatable bonds is 4. The zero-order chi connectivity index (χ0) is 25.1. The second-order valence-electron chi connectivity index (χ2n) is 8.61. The molecule has 180 valence electrons. The van der Waals surface area contributed by atoms with Gasteiger partial charge in [0.05, 0.1) is 54.5 Å². The van der Waals surface area contributed by atoms with E-state index in [-0.39, 0.29) is 5.82 Å². The molecule has 0 unspecified atom stereocenters. The van der Waals surface area contributed by atoms with Crippen LogP contribution >= 0.6 is 0 Å². The van der Waals surface area contributed by atoms with Crippen molar-refractivity contribution in [1.82, 2.24) is 19.9 Å². The molecule has 2 aromatic carbocycles. The van der Waals surface area contributed by atoms with Gasteiger partial charge in [-0.05, 0) is 30.7 Å². The van der Waals surface area contributed by atoms with Crippen LogP contribution in [0.1, 0.15) is 5.82 Å². The van der Waals surface area contributed by atoms with Crippen LogP contribution in [-0.4, -0.2) is 41.2 Å². The predicted octanol–water partition coefficient (Wildman–Crippen LogP) is 5.70. The van der Waals surface area contributed by atoms with E-state index in [0.29, 0.717) is 22.8 Å². The molecule has 0 fully saturated rings. The lowest BCUT2D eigenvalue weighted by molar-refractivity contribution is 0.409. The van der Waals surface area contributed by atoms with Crippen LogP contribution in [0, 0.1) is 12.7 Å². The molecule has 0 radical (unpaired) electrons. The summed E-state index contributed by atoms with van der Waals surface area (Å²) < 4.78 is 26.1. The molecule has 9 heteroatoms. The number of aromatic nitrogens is 4. The van der Waals surface area contributed by atoms with Crippen molar-refractivity contribution in [3.63, 3.8) is 0 Å². The van der Waals surface area contributed by atoms with Gasteiger partial charge in [0, 0.05) is 30.1 Å². The second kappa shape index (κ2) is 7.94. The molecule has 8 nitrogen and oxygen atoms in total. The minimum Gasteiger partial charge on any atom is -0.496 e. The Morgan fingerprint density at radius 3 is 2.58 bits per heavy atom. The van der Waals surface area contributed by atoms with Crippen molar-refractivity contribution < 1.29 is 13.9 Å². The highest BCUT2D eigenvalue weighted by Gasteiger charge is 2.34. The lowest BCUT2D eigenvalue weighted by Gasteiger charge is -2.22. The molecule has 0 atom stereocenters. The van der Waals surface area contributed by atoms with Crippen LogP contribution < -0.4 is 19.3 Å². The van der Waals surface area contributed by atoms with Gasteiger partial charge < -0.3 is 19.4 Å². The number of hydrogen-bond acceptors (Lipinski definition) is 7. The number of benzene rings is 2. The number of halogens is 1. The summed E-state index contributed by atoms with van der Waals surface area (Å²) in [7, 11) is 4.98. The summed E-state index contributed by atoms with van der Waals surface area (Å²) in [6.07, 6.45) is 3.24. The van der Waals surface area contributed by atoms with Crippen LogP contribution in [0.25, 0.3) is 33.1 Å². The third-order valence-corrected chi connectivity index (χ3v) is 6.53. The average Bonchev–Trinajstić information content (AvgIpc) is 3.38. The molecule has 3 aromatic heterocycles. The fourth-order valence-electron chi connectivity index (χ4n) is 4.71. The van der Waals surface area contributed by atoms with E-state index in [2.05, 4.69) is 26.5 Å². The van der Waals surface area contributed by atoms with Crippen molar-refractivity contribution in [1.29, 1.82) is 0 Å². The van der Waals surface area contributed by atoms with Gasteiger partial charge in [-0.25, -0.2) is 14.4 Å². The molecule has 0 spiro atoms. The first-order valence-corrected chi connectivity index (χ1v) is 11.3. The highest BCUT2D eigenvalue weighted by atomic mass is 19.1. The number of imidazole rings is 1. The molecule has 0 amide bonds. The van der Waals surface area contributed by atoms with E-state index in [9.17, 15) is 0 Å². The Bertz CT molecular complexity index is 1700. The van der Waals surface area contributed by atoms with Crippen molar-refractivity contribution in [2.24, 2.45) is 0 Å². The van der Waals surface area contributed by atoms with Gasteiger partial charge in [-0.2, -0.15) is 0 Å². The molecule has 4 heterocycles. The van der Waals surface area contributed by atoms with E-state index in [1.54, 1.807) is 18.2 Å². The van der Waals surface area contributed by atoms with Crippen LogP contribution in [0.3, 0.4) is 0 Å². The van der Waals surface area contributed by atoms with Crippen molar-refractivity contribution in [2.45, 2.75) is 6.92 Å². The normalized spacial score (nSPS) is 13.1. The molecule has 1 N–H and O–H groups in total. The minimum absolute atomic E-state index is 0.130. The van der Waals surface area contributed by atoms with Gasteiger partial charge in [-0.1, -0.05) is 12.6 Å². The van der Waals surface area contributed by atoms with Gasteiger partial charge in [0.2, 0.25) is 0 Å². The molecule has 1 aliphatic rings. The van der Waals surface area contributed by atoms with E-state index in [4.69, 9.17) is 9.47 Å². The summed E-state index contributed by atoms with van der Waals surface area (Å²) in [5.74, 6) is 2.03. The highest BCUT2D eigenvalue weighted by Crippen LogP contribution is 2.50. The van der Waals surface area contributed by atoms with Gasteiger partial charge in [-0.3, -0.25) is 9.88 Å². The maximum absolute atomic E-state index is 15.2. The summed E-state index contributed by atoms with van der Waals surface area (Å²) in [6, 6.07) is 11.3. The predicted molar refractivity (Wildman–Crippen MR) is 139 cm³/mol. The van der Waals surface area contributed by atoms with Crippen LogP contribution in [0.15, 0.2) is 61.2 Å². The van der Waals surface area contributed by atoms with E-state index >= 15 is 4.39 Å². The molecule has 0 saturated carbocycles. The molecular weight excluding hydrogens is 459 g/mol. The number of nitrogens with one attached hydrogen (secondary N) is 1. The molecule has 0 aliphatic carbocycles. The third-order valence-electron chi connectivity index (χ3n) is 6.53. The standard InChI is InChI=1S/C27H23FN6O2/c1-14-31-21-7-6-16(8-23(21)32-14)18-10-19-22(11-25(18)36-5)29-13-24-26(19)34(15(2)33(24)3)27-20(28)9-17(35-4)12-30-27/h6-13H,2H2,1,3-5H3,(H,31,32). The number of methoxy groups -OCH3 is 2. The lowest BCUT2D eigenvalue weighted by Crippen LogP contribution is -2.22. The number of aryl methyl sites for hydroxylation is 1. The first-order chi connectivity index (χ1) is 17.4. The van der Waals surface area contributed by atoms with Crippen LogP contribution in [-0.2, 0) is 0 Å². The topological polar surface area (TPSA) is 79.4 Å². The zero-order valence-corrected chi connectivity index (χ0v) is 20.3. The van der Waals surface area contributed by atoms with E-state index in [0.717, 1.165) is 44.7 Å². The van der Waals surface area contributed by atoms with Crippen LogP contribution in [0.5, 0.6) is 11.5 Å². The molecule has 36 heavy (non-hydrogen) atoms. The quantitative estimate of drug-likeness (QED) is 0.352. The summed E-state index contributed by atoms with van der Waals surface area (Å²) in [6.45, 7) is 6.13. The summed E-state index contributed by atoms with van der Waals surface area (Å²) in [5.41, 5.74) is 5.89. The Hall–Kier alpha value is -4.66. The first-order valence-electron chi connectivity index (χ1n) is 11.3. The van der Waals surface area contributed by atoms with E-state index in [1.165, 1.54) is 19.4 Å². The number of pyridine rings is 2. The maximum atomic E-state index is 15.2. The van der Waals surface area contributed by atoms with Crippen molar-refractivity contribution in [3.8, 4) is 22.6 Å². The highest BCUT2D eigenvalue weighted by molar-refractivity contribution is 6.07. The van der Waals surface area contributed by atoms with E-state index in [1.807, 2.05) is 49.2 Å². The van der Waals surface area contributed by atoms with Gasteiger partial charge in [0.1, 0.15) is 23.1 Å². The van der Waals surface area contributed by atoms with Gasteiger partial charge in [0.15, 0.2) is 11.6 Å². The van der Waals surface area contributed by atoms with Gasteiger partial charge >= 0.3 is 0 Å². The Morgan fingerprint density at radius 2 is 1.83 bits per heavy atom. The molecule has 1 aliphatic heterocycles. The first kappa shape index (κ1) is 21.8. The van der Waals surface area contributed by atoms with E-state index < -0.39 is 5.82 Å². The number of H-pyrrole nitrogens is 1. The van der Waals surface area contributed by atoms with Crippen molar-refractivity contribution >= 4 is 39.1 Å². The average molecular weight is 483 g/mol. The van der Waals surface area contributed by atoms with Crippen LogP contribution in [0.2, 0.25) is 0 Å². The number of anilines is 3. The fraction of sp³-hybridized carbons (Fsp3) is 0.148. The Kier molecular flexibility index (Phi) is 4.82. The Labute approximate surface area is 206 Å². The van der Waals surface area contributed by atoms with Gasteiger partial charge in [-0.15, -0.1) is 0 Å². The number of fused-ring (bicyclic) bond motifs is 4. The maximum Gasteiger partial charge on any atom is 0.175 e. The molecule has 6 rings (SSSR count). The third kappa shape index (κ3) is 3.16. The Balaban J connectivity index is 1.61. The molecule has 5 aromatic rings. The smallest absolute Gasteiger partial charge is 0.175 e. The molecule has 0 bridgehead atoms. The second-order valence-corrected chi connectivity index (χ2v) is 8.61. The largest absolute Gasteiger partial charge is 0.496 e. The number of aromatic amines is 1. The number of nitrogens with zero attached hydrogens (tertiary/aromatic N) is 5. The van der Waals surface area contributed by atoms with Crippen LogP contribution in [0.4, 0.5) is 21.6 Å². The number of hydrogen-bond donors (Lipinski definition) is 1. The van der Waals surface area contributed by atoms with Gasteiger partial charge in [0.25, 0.3) is 0 Å². The summed E-state index contributed by atoms with van der Waals surface area (Å²) in [4.78, 5) is 20.4. The lowest BCUT2D eigenvalue weighted by atomic mass is 10.00. The SMILES string of the molecule is C=C1N(C)c2cnc3cc(OC)c(-c4ccc5nc(C)[nH]c5c4)cc3c2N1c1ncc(OC)cc1F. The Morgan fingerprint density at radius 1 is 1.00 bits per heavy atom. The molecular formula is C27H23FN6O2. The number of ether oxygens (including phenoxy) is 2. The summed E-state index contributed by atoms with van der Waals surface area (Å²) >= 11 is 0. The summed E-state index contributed by atoms with van der Waals surface area (Å²) in [5, 5.41) is 0.812. The minimum atomic E-state index is -0.518. The van der Waals surface area contributed by atoms with Crippen molar-refractivity contribution in [3.05, 3.63) is 72.8 Å². The van der Waals surface area contributed by atoms with Crippen molar-refractivity contribution in [2.75, 3.05) is 31.1 Å². The molecule has 0 saturated heterocycles. The fourth-order valence-corrected chi connectivity index (χ4v) is 4.71. The zero-order valence-electron chi connectivity index (χ0n) is 20.3. The monoisotopic (exact) mass is 482 g/mol.